The van der Waals surface area contributed by atoms with E-state index in [2.05, 4.69) is 12.2 Å². The number of hydrogen-bond acceptors (Lipinski definition) is 2. The van der Waals surface area contributed by atoms with Crippen LogP contribution in [0.1, 0.15) is 34.8 Å². The minimum atomic E-state index is -0.411. The predicted molar refractivity (Wildman–Crippen MR) is 86.0 cm³/mol. The highest BCUT2D eigenvalue weighted by atomic mass is 19.1. The monoisotopic (exact) mass is 300 g/mol. The second kappa shape index (κ2) is 7.71. The quantitative estimate of drug-likeness (QED) is 0.826. The molecule has 1 amide bonds. The Morgan fingerprint density at radius 3 is 2.59 bits per heavy atom. The summed E-state index contributed by atoms with van der Waals surface area (Å²) >= 11 is 0. The molecule has 0 spiro atoms. The topological polar surface area (TPSA) is 55.1 Å². The van der Waals surface area contributed by atoms with Crippen LogP contribution in [0.25, 0.3) is 0 Å². The first-order chi connectivity index (χ1) is 10.5. The summed E-state index contributed by atoms with van der Waals surface area (Å²) < 4.78 is 12.8. The van der Waals surface area contributed by atoms with Gasteiger partial charge in [-0.3, -0.25) is 4.79 Å². The lowest BCUT2D eigenvalue weighted by molar-refractivity contribution is 0.1000. The average molecular weight is 300 g/mol. The van der Waals surface area contributed by atoms with Gasteiger partial charge in [-0.15, -0.1) is 0 Å². The number of amides is 1. The molecule has 0 aromatic heterocycles. The Morgan fingerprint density at radius 2 is 1.91 bits per heavy atom. The molecule has 2 rings (SSSR count). The lowest BCUT2D eigenvalue weighted by Gasteiger charge is -2.14. The fourth-order valence-corrected chi connectivity index (χ4v) is 2.26. The molecule has 3 N–H and O–H groups in total. The Labute approximate surface area is 130 Å². The molecule has 0 aliphatic heterocycles. The summed E-state index contributed by atoms with van der Waals surface area (Å²) in [6.07, 6.45) is 1.86. The summed E-state index contributed by atoms with van der Waals surface area (Å²) in [6.45, 7) is 2.80. The van der Waals surface area contributed by atoms with E-state index < -0.39 is 5.91 Å². The van der Waals surface area contributed by atoms with Crippen LogP contribution in [0.5, 0.6) is 0 Å². The molecule has 3 nitrogen and oxygen atoms in total. The van der Waals surface area contributed by atoms with Gasteiger partial charge in [-0.05, 0) is 55.2 Å². The van der Waals surface area contributed by atoms with Gasteiger partial charge in [0.2, 0.25) is 5.91 Å². The number of rotatable bonds is 7. The number of carbonyl (C=O) groups excluding carboxylic acids is 1. The summed E-state index contributed by atoms with van der Waals surface area (Å²) in [7, 11) is 0. The van der Waals surface area contributed by atoms with E-state index in [0.29, 0.717) is 18.2 Å². The number of nitrogens with one attached hydrogen (secondary N) is 1. The van der Waals surface area contributed by atoms with Crippen LogP contribution < -0.4 is 11.1 Å². The van der Waals surface area contributed by atoms with Crippen molar-refractivity contribution in [1.82, 2.24) is 5.32 Å². The van der Waals surface area contributed by atoms with Gasteiger partial charge in [-0.1, -0.05) is 24.3 Å². The van der Waals surface area contributed by atoms with Crippen molar-refractivity contribution < 1.29 is 9.18 Å². The van der Waals surface area contributed by atoms with Crippen LogP contribution in [0.2, 0.25) is 0 Å². The number of hydrogen-bond donors (Lipinski definition) is 2. The highest BCUT2D eigenvalue weighted by Crippen LogP contribution is 2.09. The van der Waals surface area contributed by atoms with Crippen molar-refractivity contribution in [2.75, 3.05) is 0 Å². The Hall–Kier alpha value is -2.20. The standard InChI is InChI=1S/C18H21FN2O/c1-13(5-6-14-7-9-17(19)10-8-14)21-12-15-3-2-4-16(11-15)18(20)22/h2-4,7-11,13,21H,5-6,12H2,1H3,(H2,20,22). The average Bonchev–Trinajstić information content (AvgIpc) is 2.52. The largest absolute Gasteiger partial charge is 0.366 e. The van der Waals surface area contributed by atoms with Crippen molar-refractivity contribution in [3.63, 3.8) is 0 Å². The van der Waals surface area contributed by atoms with Crippen LogP contribution >= 0.6 is 0 Å². The van der Waals surface area contributed by atoms with Gasteiger partial charge in [-0.25, -0.2) is 4.39 Å². The molecule has 22 heavy (non-hydrogen) atoms. The summed E-state index contributed by atoms with van der Waals surface area (Å²) in [5.74, 6) is -0.615. The smallest absolute Gasteiger partial charge is 0.248 e. The molecule has 2 aromatic rings. The van der Waals surface area contributed by atoms with Crippen molar-refractivity contribution >= 4 is 5.91 Å². The lowest BCUT2D eigenvalue weighted by Crippen LogP contribution is -2.26. The molecule has 0 heterocycles. The van der Waals surface area contributed by atoms with E-state index >= 15 is 0 Å². The number of aryl methyl sites for hydroxylation is 1. The fourth-order valence-electron chi connectivity index (χ4n) is 2.26. The van der Waals surface area contributed by atoms with E-state index in [1.54, 1.807) is 6.07 Å². The highest BCUT2D eigenvalue weighted by Gasteiger charge is 2.05. The normalized spacial score (nSPS) is 12.1. The van der Waals surface area contributed by atoms with Crippen LogP contribution in [0.15, 0.2) is 48.5 Å². The van der Waals surface area contributed by atoms with E-state index in [1.807, 2.05) is 30.3 Å². The Balaban J connectivity index is 1.80. The van der Waals surface area contributed by atoms with Gasteiger partial charge in [0.15, 0.2) is 0 Å². The lowest BCUT2D eigenvalue weighted by atomic mass is 10.1. The molecule has 0 saturated heterocycles. The first kappa shape index (κ1) is 16.2. The molecule has 0 aliphatic carbocycles. The highest BCUT2D eigenvalue weighted by molar-refractivity contribution is 5.92. The van der Waals surface area contributed by atoms with Crippen LogP contribution in [-0.2, 0) is 13.0 Å². The first-order valence-corrected chi connectivity index (χ1v) is 7.41. The maximum Gasteiger partial charge on any atom is 0.248 e. The van der Waals surface area contributed by atoms with Gasteiger partial charge in [0, 0.05) is 18.2 Å². The number of benzene rings is 2. The number of halogens is 1. The molecule has 0 fully saturated rings. The van der Waals surface area contributed by atoms with Crippen LogP contribution in [0, 0.1) is 5.82 Å². The van der Waals surface area contributed by atoms with E-state index in [1.165, 1.54) is 12.1 Å². The fraction of sp³-hybridized carbons (Fsp3) is 0.278. The van der Waals surface area contributed by atoms with Crippen molar-refractivity contribution in [3.05, 3.63) is 71.0 Å². The summed E-state index contributed by atoms with van der Waals surface area (Å²) in [5.41, 5.74) is 7.96. The third kappa shape index (κ3) is 4.97. The SMILES string of the molecule is CC(CCc1ccc(F)cc1)NCc1cccc(C(N)=O)c1. The van der Waals surface area contributed by atoms with Crippen molar-refractivity contribution in [2.24, 2.45) is 5.73 Å². The van der Waals surface area contributed by atoms with Crippen LogP contribution in [0.4, 0.5) is 4.39 Å². The number of carbonyl (C=O) groups is 1. The second-order valence-corrected chi connectivity index (χ2v) is 5.51. The molecule has 0 aliphatic rings. The summed E-state index contributed by atoms with van der Waals surface area (Å²) in [5, 5.41) is 3.42. The van der Waals surface area contributed by atoms with Gasteiger partial charge in [-0.2, -0.15) is 0 Å². The second-order valence-electron chi connectivity index (χ2n) is 5.51. The Bertz CT molecular complexity index is 625. The number of primary amides is 1. The van der Waals surface area contributed by atoms with Crippen LogP contribution in [-0.4, -0.2) is 11.9 Å². The van der Waals surface area contributed by atoms with E-state index in [9.17, 15) is 9.18 Å². The van der Waals surface area contributed by atoms with E-state index in [4.69, 9.17) is 5.73 Å². The first-order valence-electron chi connectivity index (χ1n) is 7.41. The molecular weight excluding hydrogens is 279 g/mol. The zero-order valence-corrected chi connectivity index (χ0v) is 12.7. The molecule has 116 valence electrons. The predicted octanol–water partition coefficient (Wildman–Crippen LogP) is 3.04. The molecule has 4 heteroatoms. The minimum absolute atomic E-state index is 0.204. The molecule has 1 unspecified atom stereocenters. The molecule has 0 radical (unpaired) electrons. The number of nitrogens with two attached hydrogens (primary N) is 1. The van der Waals surface area contributed by atoms with Gasteiger partial charge >= 0.3 is 0 Å². The molecular formula is C18H21FN2O. The van der Waals surface area contributed by atoms with Crippen LogP contribution in [0.3, 0.4) is 0 Å². The summed E-state index contributed by atoms with van der Waals surface area (Å²) in [6, 6.07) is 14.3. The summed E-state index contributed by atoms with van der Waals surface area (Å²) in [4.78, 5) is 11.1. The van der Waals surface area contributed by atoms with Gasteiger partial charge < -0.3 is 11.1 Å². The maximum atomic E-state index is 12.8. The molecule has 0 bridgehead atoms. The zero-order valence-electron chi connectivity index (χ0n) is 12.7. The molecule has 0 saturated carbocycles. The zero-order chi connectivity index (χ0) is 15.9. The Morgan fingerprint density at radius 1 is 1.18 bits per heavy atom. The van der Waals surface area contributed by atoms with E-state index in [0.717, 1.165) is 24.0 Å². The van der Waals surface area contributed by atoms with Crippen molar-refractivity contribution in [3.8, 4) is 0 Å². The molecule has 1 atom stereocenters. The molecule has 2 aromatic carbocycles. The third-order valence-corrected chi connectivity index (χ3v) is 3.65. The van der Waals surface area contributed by atoms with Gasteiger partial charge in [0.1, 0.15) is 5.82 Å². The van der Waals surface area contributed by atoms with Gasteiger partial charge in [0.05, 0.1) is 0 Å². The third-order valence-electron chi connectivity index (χ3n) is 3.65. The van der Waals surface area contributed by atoms with Crippen molar-refractivity contribution in [2.45, 2.75) is 32.4 Å². The minimum Gasteiger partial charge on any atom is -0.366 e. The van der Waals surface area contributed by atoms with Gasteiger partial charge in [0.25, 0.3) is 0 Å². The van der Waals surface area contributed by atoms with E-state index in [-0.39, 0.29) is 5.82 Å². The van der Waals surface area contributed by atoms with Crippen molar-refractivity contribution in [1.29, 1.82) is 0 Å². The maximum absolute atomic E-state index is 12.8. The Kier molecular flexibility index (Phi) is 5.67.